The highest BCUT2D eigenvalue weighted by molar-refractivity contribution is 6.00. The van der Waals surface area contributed by atoms with Crippen LogP contribution >= 0.6 is 0 Å². The van der Waals surface area contributed by atoms with Crippen molar-refractivity contribution in [3.63, 3.8) is 0 Å². The quantitative estimate of drug-likeness (QED) is 0.719. The molecule has 0 saturated carbocycles. The minimum absolute atomic E-state index is 0.00815. The molecule has 0 bridgehead atoms. The molecule has 0 aliphatic carbocycles. The smallest absolute Gasteiger partial charge is 0.271 e. The number of amides is 1. The summed E-state index contributed by atoms with van der Waals surface area (Å²) in [5.74, 6) is -0.197. The van der Waals surface area contributed by atoms with Gasteiger partial charge in [0.05, 0.1) is 11.6 Å². The molecule has 2 aliphatic rings. The molecule has 5 nitrogen and oxygen atoms in total. The van der Waals surface area contributed by atoms with Gasteiger partial charge in [-0.3, -0.25) is 14.4 Å². The van der Waals surface area contributed by atoms with Gasteiger partial charge in [0.25, 0.3) is 5.91 Å². The molecule has 1 aromatic heterocycles. The maximum atomic E-state index is 12.3. The summed E-state index contributed by atoms with van der Waals surface area (Å²) in [7, 11) is 0. The van der Waals surface area contributed by atoms with Gasteiger partial charge >= 0.3 is 0 Å². The SMILES string of the molecule is CCN1CC2CCc3cc(=O)c(C=O)c(n32)C1=O. The van der Waals surface area contributed by atoms with Gasteiger partial charge in [-0.2, -0.15) is 0 Å². The molecule has 3 heterocycles. The molecule has 3 rings (SSSR count). The number of carbonyl (C=O) groups excluding carboxylic acids is 2. The zero-order valence-electron chi connectivity index (χ0n) is 10.2. The Morgan fingerprint density at radius 3 is 2.89 bits per heavy atom. The Morgan fingerprint density at radius 1 is 1.44 bits per heavy atom. The van der Waals surface area contributed by atoms with Crippen molar-refractivity contribution >= 4 is 12.2 Å². The summed E-state index contributed by atoms with van der Waals surface area (Å²) in [5.41, 5.74) is 0.852. The lowest BCUT2D eigenvalue weighted by Crippen LogP contribution is -2.44. The molecular weight excluding hydrogens is 232 g/mol. The molecule has 1 atom stereocenters. The van der Waals surface area contributed by atoms with Gasteiger partial charge < -0.3 is 9.47 Å². The lowest BCUT2D eigenvalue weighted by atomic mass is 10.1. The highest BCUT2D eigenvalue weighted by atomic mass is 16.2. The van der Waals surface area contributed by atoms with E-state index in [-0.39, 0.29) is 22.9 Å². The molecule has 0 aromatic carbocycles. The monoisotopic (exact) mass is 246 g/mol. The van der Waals surface area contributed by atoms with Crippen molar-refractivity contribution in [1.29, 1.82) is 0 Å². The summed E-state index contributed by atoms with van der Waals surface area (Å²) < 4.78 is 1.90. The third kappa shape index (κ3) is 1.30. The predicted molar refractivity (Wildman–Crippen MR) is 65.0 cm³/mol. The van der Waals surface area contributed by atoms with Crippen LogP contribution in [0.2, 0.25) is 0 Å². The van der Waals surface area contributed by atoms with E-state index in [4.69, 9.17) is 0 Å². The molecule has 0 N–H and O–H groups in total. The van der Waals surface area contributed by atoms with Gasteiger partial charge in [-0.1, -0.05) is 0 Å². The Morgan fingerprint density at radius 2 is 2.22 bits per heavy atom. The van der Waals surface area contributed by atoms with Crippen LogP contribution in [0.3, 0.4) is 0 Å². The largest absolute Gasteiger partial charge is 0.336 e. The fourth-order valence-corrected chi connectivity index (χ4v) is 3.01. The summed E-state index contributed by atoms with van der Waals surface area (Å²) in [4.78, 5) is 37.0. The summed E-state index contributed by atoms with van der Waals surface area (Å²) in [6.45, 7) is 3.19. The second-order valence-corrected chi connectivity index (χ2v) is 4.79. The first-order valence-electron chi connectivity index (χ1n) is 6.20. The molecule has 5 heteroatoms. The summed E-state index contributed by atoms with van der Waals surface area (Å²) in [6, 6.07) is 1.72. The molecule has 94 valence electrons. The van der Waals surface area contributed by atoms with Crippen LogP contribution in [0.15, 0.2) is 10.9 Å². The molecule has 1 aromatic rings. The third-order valence-corrected chi connectivity index (χ3v) is 3.89. The predicted octanol–water partition coefficient (Wildman–Crippen LogP) is 0.624. The first-order valence-corrected chi connectivity index (χ1v) is 6.20. The highest BCUT2D eigenvalue weighted by Gasteiger charge is 2.37. The first-order chi connectivity index (χ1) is 8.67. The molecule has 0 spiro atoms. The van der Waals surface area contributed by atoms with Crippen molar-refractivity contribution in [3.05, 3.63) is 33.2 Å². The van der Waals surface area contributed by atoms with E-state index < -0.39 is 0 Å². The van der Waals surface area contributed by atoms with E-state index in [2.05, 4.69) is 0 Å². The van der Waals surface area contributed by atoms with Crippen LogP contribution in [0.5, 0.6) is 0 Å². The topological polar surface area (TPSA) is 59.4 Å². The highest BCUT2D eigenvalue weighted by Crippen LogP contribution is 2.32. The van der Waals surface area contributed by atoms with E-state index in [0.29, 0.717) is 25.1 Å². The van der Waals surface area contributed by atoms with E-state index in [1.54, 1.807) is 4.90 Å². The molecule has 1 unspecified atom stereocenters. The number of pyridine rings is 1. The average molecular weight is 246 g/mol. The van der Waals surface area contributed by atoms with Gasteiger partial charge in [0.2, 0.25) is 0 Å². The molecule has 0 fully saturated rings. The van der Waals surface area contributed by atoms with Gasteiger partial charge in [0.15, 0.2) is 11.7 Å². The number of aromatic nitrogens is 1. The van der Waals surface area contributed by atoms with Gasteiger partial charge in [-0.15, -0.1) is 0 Å². The molecule has 1 amide bonds. The lowest BCUT2D eigenvalue weighted by Gasteiger charge is -2.33. The Balaban J connectivity index is 2.32. The lowest BCUT2D eigenvalue weighted by molar-refractivity contribution is 0.0679. The number of nitrogens with zero attached hydrogens (tertiary/aromatic N) is 2. The number of carbonyl (C=O) groups is 2. The zero-order chi connectivity index (χ0) is 12.9. The van der Waals surface area contributed by atoms with E-state index >= 15 is 0 Å². The minimum atomic E-state index is -0.335. The van der Waals surface area contributed by atoms with Crippen molar-refractivity contribution in [2.45, 2.75) is 25.8 Å². The standard InChI is InChI=1S/C13H14N2O3/c1-2-14-6-9-4-3-8-5-11(17)10(7-16)12(13(14)18)15(8)9/h5,7,9H,2-4,6H2,1H3. The van der Waals surface area contributed by atoms with Crippen molar-refractivity contribution in [2.24, 2.45) is 0 Å². The van der Waals surface area contributed by atoms with Crippen molar-refractivity contribution in [3.8, 4) is 0 Å². The van der Waals surface area contributed by atoms with Crippen LogP contribution in [0, 0.1) is 0 Å². The number of aryl methyl sites for hydroxylation is 1. The number of rotatable bonds is 2. The van der Waals surface area contributed by atoms with E-state index in [1.807, 2.05) is 11.5 Å². The number of hydrogen-bond acceptors (Lipinski definition) is 3. The second kappa shape index (κ2) is 3.80. The average Bonchev–Trinajstić information content (AvgIpc) is 2.76. The van der Waals surface area contributed by atoms with Gasteiger partial charge in [0.1, 0.15) is 5.69 Å². The van der Waals surface area contributed by atoms with Crippen LogP contribution in [0.4, 0.5) is 0 Å². The summed E-state index contributed by atoms with van der Waals surface area (Å²) in [5, 5.41) is 0. The van der Waals surface area contributed by atoms with E-state index in [9.17, 15) is 14.4 Å². The summed E-state index contributed by atoms with van der Waals surface area (Å²) >= 11 is 0. The van der Waals surface area contributed by atoms with E-state index in [1.165, 1.54) is 6.07 Å². The molecule has 0 saturated heterocycles. The van der Waals surface area contributed by atoms with Crippen molar-refractivity contribution in [1.82, 2.24) is 9.47 Å². The zero-order valence-corrected chi connectivity index (χ0v) is 10.2. The van der Waals surface area contributed by atoms with Crippen molar-refractivity contribution in [2.75, 3.05) is 13.1 Å². The fraction of sp³-hybridized carbons (Fsp3) is 0.462. The Labute approximate surface area is 104 Å². The normalized spacial score (nSPS) is 21.1. The number of likely N-dealkylation sites (N-methyl/N-ethyl adjacent to an activating group) is 1. The first kappa shape index (κ1) is 11.2. The minimum Gasteiger partial charge on any atom is -0.336 e. The number of hydrogen-bond donors (Lipinski definition) is 0. The van der Waals surface area contributed by atoms with Gasteiger partial charge in [-0.25, -0.2) is 0 Å². The Hall–Kier alpha value is -1.91. The molecular formula is C13H14N2O3. The Bertz CT molecular complexity index is 603. The maximum absolute atomic E-state index is 12.3. The fourth-order valence-electron chi connectivity index (χ4n) is 3.01. The van der Waals surface area contributed by atoms with Crippen molar-refractivity contribution < 1.29 is 9.59 Å². The van der Waals surface area contributed by atoms with Crippen LogP contribution in [0.25, 0.3) is 0 Å². The maximum Gasteiger partial charge on any atom is 0.271 e. The molecule has 0 radical (unpaired) electrons. The second-order valence-electron chi connectivity index (χ2n) is 4.79. The molecule has 2 aliphatic heterocycles. The Kier molecular flexibility index (Phi) is 2.36. The van der Waals surface area contributed by atoms with Crippen LogP contribution in [-0.4, -0.2) is 34.7 Å². The van der Waals surface area contributed by atoms with Gasteiger partial charge in [-0.05, 0) is 19.8 Å². The summed E-state index contributed by atoms with van der Waals surface area (Å²) in [6.07, 6.45) is 2.24. The van der Waals surface area contributed by atoms with Crippen LogP contribution in [-0.2, 0) is 6.42 Å². The molecule has 18 heavy (non-hydrogen) atoms. The van der Waals surface area contributed by atoms with Crippen LogP contribution < -0.4 is 5.43 Å². The number of aldehydes is 1. The van der Waals surface area contributed by atoms with Gasteiger partial charge in [0, 0.05) is 24.8 Å². The van der Waals surface area contributed by atoms with Crippen LogP contribution in [0.1, 0.15) is 45.9 Å². The van der Waals surface area contributed by atoms with E-state index in [0.717, 1.165) is 18.5 Å². The third-order valence-electron chi connectivity index (χ3n) is 3.89.